The van der Waals surface area contributed by atoms with Crippen LogP contribution in [-0.4, -0.2) is 38.5 Å². The van der Waals surface area contributed by atoms with Gasteiger partial charge in [0.15, 0.2) is 0 Å². The average molecular weight is 568 g/mol. The highest BCUT2D eigenvalue weighted by Crippen LogP contribution is 2.33. The largest absolute Gasteiger partial charge is 0.445 e. The molecule has 3 aromatic carbocycles. The van der Waals surface area contributed by atoms with Crippen molar-refractivity contribution in [3.8, 4) is 22.5 Å². The van der Waals surface area contributed by atoms with Gasteiger partial charge < -0.3 is 19.8 Å². The van der Waals surface area contributed by atoms with Crippen LogP contribution in [-0.2, 0) is 17.8 Å². The molecule has 3 aromatic heterocycles. The zero-order valence-corrected chi connectivity index (χ0v) is 23.9. The van der Waals surface area contributed by atoms with E-state index in [4.69, 9.17) is 20.4 Å². The Hall–Kier alpha value is -5.17. The number of aromatic nitrogens is 3. The van der Waals surface area contributed by atoms with Gasteiger partial charge >= 0.3 is 6.09 Å². The first-order chi connectivity index (χ1) is 21.1. The molecule has 0 unspecified atom stereocenters. The molecule has 7 heteroatoms. The summed E-state index contributed by atoms with van der Waals surface area (Å²) in [5.74, 6) is 1.39. The third-order valence-electron chi connectivity index (χ3n) is 8.35. The number of nitrogens with two attached hydrogens (primary N) is 1. The van der Waals surface area contributed by atoms with Gasteiger partial charge in [-0.05, 0) is 48.6 Å². The number of anilines is 1. The Morgan fingerprint density at radius 1 is 0.837 bits per heavy atom. The molecule has 1 aliphatic heterocycles. The zero-order chi connectivity index (χ0) is 29.2. The molecular formula is C36H33N5O2. The summed E-state index contributed by atoms with van der Waals surface area (Å²) in [6.07, 6.45) is 4.40. The van der Waals surface area contributed by atoms with Crippen molar-refractivity contribution in [2.45, 2.75) is 25.9 Å². The van der Waals surface area contributed by atoms with Crippen LogP contribution in [0.5, 0.6) is 0 Å². The predicted octanol–water partition coefficient (Wildman–Crippen LogP) is 7.39. The predicted molar refractivity (Wildman–Crippen MR) is 170 cm³/mol. The van der Waals surface area contributed by atoms with Gasteiger partial charge in [-0.15, -0.1) is 0 Å². The quantitative estimate of drug-likeness (QED) is 0.227. The Morgan fingerprint density at radius 3 is 2.37 bits per heavy atom. The SMILES string of the molecule is Nc1cccn2c(CC3CCN(C(=O)OCc4ccccc4)CC3)nc(-c3ccc4ccc(-c5ccccc5)nc4c3)c12. The fourth-order valence-corrected chi connectivity index (χ4v) is 5.99. The molecule has 1 amide bonds. The van der Waals surface area contributed by atoms with Gasteiger partial charge in [0.05, 0.1) is 28.1 Å². The summed E-state index contributed by atoms with van der Waals surface area (Å²) in [7, 11) is 0. The van der Waals surface area contributed by atoms with Crippen molar-refractivity contribution in [2.24, 2.45) is 5.92 Å². The van der Waals surface area contributed by atoms with Crippen molar-refractivity contribution in [2.75, 3.05) is 18.8 Å². The van der Waals surface area contributed by atoms with Crippen molar-refractivity contribution in [3.63, 3.8) is 0 Å². The molecule has 6 aromatic rings. The van der Waals surface area contributed by atoms with Gasteiger partial charge in [0.2, 0.25) is 0 Å². The summed E-state index contributed by atoms with van der Waals surface area (Å²) in [4.78, 5) is 24.6. The molecule has 0 atom stereocenters. The second kappa shape index (κ2) is 11.6. The van der Waals surface area contributed by atoms with Gasteiger partial charge in [-0.3, -0.25) is 0 Å². The molecule has 7 nitrogen and oxygen atoms in total. The van der Waals surface area contributed by atoms with E-state index < -0.39 is 0 Å². The number of hydrogen-bond acceptors (Lipinski definition) is 5. The van der Waals surface area contributed by atoms with Gasteiger partial charge in [0.25, 0.3) is 0 Å². The van der Waals surface area contributed by atoms with Crippen LogP contribution >= 0.6 is 0 Å². The molecule has 1 aliphatic rings. The van der Waals surface area contributed by atoms with Crippen LogP contribution in [0.1, 0.15) is 24.2 Å². The minimum atomic E-state index is -0.246. The van der Waals surface area contributed by atoms with Crippen LogP contribution < -0.4 is 5.73 Å². The maximum absolute atomic E-state index is 12.7. The van der Waals surface area contributed by atoms with E-state index in [9.17, 15) is 4.79 Å². The van der Waals surface area contributed by atoms with E-state index in [1.807, 2.05) is 71.8 Å². The maximum Gasteiger partial charge on any atom is 0.410 e. The topological polar surface area (TPSA) is 85.8 Å². The normalized spacial score (nSPS) is 13.9. The number of imidazole rings is 1. The highest BCUT2D eigenvalue weighted by atomic mass is 16.6. The molecule has 4 heterocycles. The highest BCUT2D eigenvalue weighted by Gasteiger charge is 2.26. The number of piperidine rings is 1. The van der Waals surface area contributed by atoms with E-state index in [0.29, 0.717) is 31.3 Å². The molecule has 7 rings (SSSR count). The van der Waals surface area contributed by atoms with E-state index in [-0.39, 0.29) is 6.09 Å². The Kier molecular flexibility index (Phi) is 7.21. The van der Waals surface area contributed by atoms with E-state index in [1.165, 1.54) is 0 Å². The molecular weight excluding hydrogens is 534 g/mol. The first-order valence-corrected chi connectivity index (χ1v) is 14.8. The Balaban J connectivity index is 1.10. The first-order valence-electron chi connectivity index (χ1n) is 14.8. The molecule has 0 bridgehead atoms. The lowest BCUT2D eigenvalue weighted by Gasteiger charge is -2.31. The number of ether oxygens (including phenoxy) is 1. The standard InChI is InChI=1S/C36H33N5O2/c37-30-12-7-19-41-33(22-25-17-20-40(21-18-25)36(42)43-24-26-8-3-1-4-9-26)39-34(35(30)41)29-14-13-28-15-16-31(38-32(28)23-29)27-10-5-2-6-11-27/h1-16,19,23,25H,17-18,20-22,24,37H2. The lowest BCUT2D eigenvalue weighted by atomic mass is 9.93. The number of hydrogen-bond donors (Lipinski definition) is 1. The second-order valence-electron chi connectivity index (χ2n) is 11.2. The van der Waals surface area contributed by atoms with E-state index >= 15 is 0 Å². The lowest BCUT2D eigenvalue weighted by molar-refractivity contribution is 0.0821. The van der Waals surface area contributed by atoms with Crippen molar-refractivity contribution in [3.05, 3.63) is 121 Å². The maximum atomic E-state index is 12.7. The number of benzene rings is 3. The number of fused-ring (bicyclic) bond motifs is 2. The zero-order valence-electron chi connectivity index (χ0n) is 23.9. The molecule has 1 fully saturated rings. The lowest BCUT2D eigenvalue weighted by Crippen LogP contribution is -2.39. The van der Waals surface area contributed by atoms with Crippen molar-refractivity contribution < 1.29 is 9.53 Å². The summed E-state index contributed by atoms with van der Waals surface area (Å²) in [5, 5.41) is 1.08. The van der Waals surface area contributed by atoms with Gasteiger partial charge in [-0.25, -0.2) is 14.8 Å². The molecule has 0 radical (unpaired) electrons. The van der Waals surface area contributed by atoms with Gasteiger partial charge in [0.1, 0.15) is 12.4 Å². The van der Waals surface area contributed by atoms with E-state index in [2.05, 4.69) is 46.9 Å². The van der Waals surface area contributed by atoms with Gasteiger partial charge in [-0.2, -0.15) is 0 Å². The summed E-state index contributed by atoms with van der Waals surface area (Å²) in [5.41, 5.74) is 13.9. The smallest absolute Gasteiger partial charge is 0.410 e. The van der Waals surface area contributed by atoms with Crippen LogP contribution in [0.2, 0.25) is 0 Å². The fourth-order valence-electron chi connectivity index (χ4n) is 5.99. The third kappa shape index (κ3) is 5.54. The number of carbonyl (C=O) groups is 1. The molecule has 2 N–H and O–H groups in total. The molecule has 0 spiro atoms. The van der Waals surface area contributed by atoms with Crippen molar-refractivity contribution >= 4 is 28.2 Å². The fraction of sp³-hybridized carbons (Fsp3) is 0.194. The Bertz CT molecular complexity index is 1890. The minimum Gasteiger partial charge on any atom is -0.445 e. The van der Waals surface area contributed by atoms with Crippen molar-refractivity contribution in [1.82, 2.24) is 19.3 Å². The Labute approximate surface area is 250 Å². The number of nitrogen functional groups attached to an aromatic ring is 1. The number of nitrogens with zero attached hydrogens (tertiary/aromatic N) is 4. The molecule has 0 aliphatic carbocycles. The molecule has 43 heavy (non-hydrogen) atoms. The van der Waals surface area contributed by atoms with E-state index in [1.54, 1.807) is 0 Å². The van der Waals surface area contributed by atoms with Crippen LogP contribution in [0, 0.1) is 5.92 Å². The van der Waals surface area contributed by atoms with Crippen LogP contribution in [0.15, 0.2) is 109 Å². The van der Waals surface area contributed by atoms with E-state index in [0.717, 1.165) is 69.6 Å². The highest BCUT2D eigenvalue weighted by molar-refractivity contribution is 5.92. The van der Waals surface area contributed by atoms with Gasteiger partial charge in [0, 0.05) is 42.2 Å². The monoisotopic (exact) mass is 567 g/mol. The number of rotatable bonds is 6. The molecule has 0 saturated carbocycles. The molecule has 214 valence electrons. The van der Waals surface area contributed by atoms with Gasteiger partial charge in [-0.1, -0.05) is 78.9 Å². The summed E-state index contributed by atoms with van der Waals surface area (Å²) >= 11 is 0. The number of carbonyl (C=O) groups excluding carboxylic acids is 1. The van der Waals surface area contributed by atoms with Crippen LogP contribution in [0.25, 0.3) is 38.9 Å². The first kappa shape index (κ1) is 26.7. The number of pyridine rings is 2. The Morgan fingerprint density at radius 2 is 1.58 bits per heavy atom. The second-order valence-corrected chi connectivity index (χ2v) is 11.2. The number of amides is 1. The average Bonchev–Trinajstić information content (AvgIpc) is 3.43. The third-order valence-corrected chi connectivity index (χ3v) is 8.35. The number of likely N-dealkylation sites (tertiary alicyclic amines) is 1. The van der Waals surface area contributed by atoms with Crippen LogP contribution in [0.4, 0.5) is 10.5 Å². The summed E-state index contributed by atoms with van der Waals surface area (Å²) < 4.78 is 7.69. The summed E-state index contributed by atoms with van der Waals surface area (Å²) in [6.45, 7) is 1.65. The summed E-state index contributed by atoms with van der Waals surface area (Å²) in [6, 6.07) is 34.4. The van der Waals surface area contributed by atoms with Crippen molar-refractivity contribution in [1.29, 1.82) is 0 Å². The molecule has 1 saturated heterocycles. The van der Waals surface area contributed by atoms with Crippen LogP contribution in [0.3, 0.4) is 0 Å². The minimum absolute atomic E-state index is 0.246.